The van der Waals surface area contributed by atoms with E-state index in [1.165, 1.54) is 0 Å². The van der Waals surface area contributed by atoms with E-state index >= 15 is 0 Å². The number of epoxide rings is 2. The van der Waals surface area contributed by atoms with Gasteiger partial charge in [-0.3, -0.25) is 0 Å². The minimum Gasteiger partial charge on any atom is -0.387 e. The molecule has 0 aromatic carbocycles. The van der Waals surface area contributed by atoms with Gasteiger partial charge in [0.1, 0.15) is 18.3 Å². The normalized spacial score (nSPS) is 41.5. The van der Waals surface area contributed by atoms with Gasteiger partial charge in [0.25, 0.3) is 0 Å². The predicted octanol–water partition coefficient (Wildman–Crippen LogP) is 0.702. The number of rotatable bonds is 2. The van der Waals surface area contributed by atoms with Gasteiger partial charge >= 0.3 is 0 Å². The summed E-state index contributed by atoms with van der Waals surface area (Å²) in [6.07, 6.45) is -0.538. The fraction of sp³-hybridized carbons (Fsp3) is 1.00. The first-order valence-electron chi connectivity index (χ1n) is 4.38. The van der Waals surface area contributed by atoms with E-state index in [2.05, 4.69) is 0 Å². The third kappa shape index (κ3) is 1.16. The van der Waals surface area contributed by atoms with Crippen molar-refractivity contribution in [1.29, 1.82) is 0 Å². The van der Waals surface area contributed by atoms with Crippen LogP contribution in [0.15, 0.2) is 0 Å². The topological polar surface area (TPSA) is 45.3 Å². The smallest absolute Gasteiger partial charge is 0.115 e. The van der Waals surface area contributed by atoms with Crippen molar-refractivity contribution in [2.75, 3.05) is 0 Å². The molecule has 0 aromatic heterocycles. The second-order valence-electron chi connectivity index (χ2n) is 4.77. The maximum Gasteiger partial charge on any atom is 0.115 e. The van der Waals surface area contributed by atoms with E-state index < -0.39 is 6.10 Å². The highest BCUT2D eigenvalue weighted by Gasteiger charge is 2.62. The number of aliphatic hydroxyl groups is 1. The van der Waals surface area contributed by atoms with Crippen LogP contribution in [-0.2, 0) is 9.47 Å². The summed E-state index contributed by atoms with van der Waals surface area (Å²) in [6.45, 7) is 7.93. The second kappa shape index (κ2) is 2.03. The minimum absolute atomic E-state index is 0.0377. The van der Waals surface area contributed by atoms with Crippen LogP contribution in [0.25, 0.3) is 0 Å². The maximum absolute atomic E-state index is 9.75. The zero-order chi connectivity index (χ0) is 9.15. The van der Waals surface area contributed by atoms with E-state index in [4.69, 9.17) is 9.47 Å². The lowest BCUT2D eigenvalue weighted by atomic mass is 9.98. The number of ether oxygens (including phenoxy) is 2. The van der Waals surface area contributed by atoms with Gasteiger partial charge in [0.05, 0.1) is 11.2 Å². The zero-order valence-corrected chi connectivity index (χ0v) is 8.00. The van der Waals surface area contributed by atoms with Crippen LogP contribution in [0.3, 0.4) is 0 Å². The third-order valence-electron chi connectivity index (χ3n) is 2.74. The molecule has 3 heteroatoms. The van der Waals surface area contributed by atoms with Crippen molar-refractivity contribution in [2.45, 2.75) is 57.2 Å². The molecule has 3 nitrogen and oxygen atoms in total. The first-order valence-corrected chi connectivity index (χ1v) is 4.38. The second-order valence-corrected chi connectivity index (χ2v) is 4.77. The summed E-state index contributed by atoms with van der Waals surface area (Å²) in [5, 5.41) is 9.75. The van der Waals surface area contributed by atoms with Gasteiger partial charge in [-0.2, -0.15) is 0 Å². The molecule has 2 atom stereocenters. The van der Waals surface area contributed by atoms with Gasteiger partial charge in [0.15, 0.2) is 0 Å². The Morgan fingerprint density at radius 2 is 1.25 bits per heavy atom. The van der Waals surface area contributed by atoms with Crippen LogP contribution in [0.5, 0.6) is 0 Å². The molecule has 0 spiro atoms. The lowest BCUT2D eigenvalue weighted by Gasteiger charge is -2.05. The molecule has 2 fully saturated rings. The van der Waals surface area contributed by atoms with E-state index in [1.54, 1.807) is 0 Å². The molecule has 70 valence electrons. The van der Waals surface area contributed by atoms with E-state index in [0.717, 1.165) is 0 Å². The fourth-order valence-electron chi connectivity index (χ4n) is 1.71. The number of aliphatic hydroxyl groups excluding tert-OH is 1. The molecule has 0 aliphatic carbocycles. The molecule has 0 unspecified atom stereocenters. The Morgan fingerprint density at radius 1 is 1.00 bits per heavy atom. The summed E-state index contributed by atoms with van der Waals surface area (Å²) in [6, 6.07) is 0. The first-order chi connectivity index (χ1) is 5.34. The Kier molecular flexibility index (Phi) is 1.43. The van der Waals surface area contributed by atoms with E-state index in [1.807, 2.05) is 27.7 Å². The molecule has 0 bridgehead atoms. The van der Waals surface area contributed by atoms with Crippen LogP contribution in [0.1, 0.15) is 27.7 Å². The van der Waals surface area contributed by atoms with Crippen LogP contribution in [-0.4, -0.2) is 34.6 Å². The molecule has 2 saturated heterocycles. The molecule has 2 aliphatic heterocycles. The molecule has 2 rings (SSSR count). The van der Waals surface area contributed by atoms with Gasteiger partial charge in [-0.05, 0) is 27.7 Å². The summed E-state index contributed by atoms with van der Waals surface area (Å²) < 4.78 is 10.7. The number of hydrogen-bond acceptors (Lipinski definition) is 3. The van der Waals surface area contributed by atoms with Gasteiger partial charge < -0.3 is 14.6 Å². The summed E-state index contributed by atoms with van der Waals surface area (Å²) >= 11 is 0. The Labute approximate surface area is 72.7 Å². The highest BCUT2D eigenvalue weighted by atomic mass is 16.6. The first kappa shape index (κ1) is 8.48. The van der Waals surface area contributed by atoms with Gasteiger partial charge in [-0.1, -0.05) is 0 Å². The van der Waals surface area contributed by atoms with Crippen LogP contribution >= 0.6 is 0 Å². The number of hydrogen-bond donors (Lipinski definition) is 1. The average Bonchev–Trinajstić information content (AvgIpc) is 2.70. The third-order valence-corrected chi connectivity index (χ3v) is 2.74. The van der Waals surface area contributed by atoms with E-state index in [-0.39, 0.29) is 23.4 Å². The Bertz CT molecular complexity index is 188. The summed E-state index contributed by atoms with van der Waals surface area (Å²) in [5.41, 5.74) is -0.303. The van der Waals surface area contributed by atoms with Crippen LogP contribution in [0.2, 0.25) is 0 Å². The van der Waals surface area contributed by atoms with E-state index in [0.29, 0.717) is 0 Å². The molecule has 2 heterocycles. The largest absolute Gasteiger partial charge is 0.387 e. The lowest BCUT2D eigenvalue weighted by Crippen LogP contribution is -2.29. The Hall–Kier alpha value is -0.120. The van der Waals surface area contributed by atoms with Crippen molar-refractivity contribution < 1.29 is 14.6 Å². The molecular formula is C9H16O3. The molecule has 1 N–H and O–H groups in total. The highest BCUT2D eigenvalue weighted by molar-refractivity contribution is 5.10. The monoisotopic (exact) mass is 172 g/mol. The molecule has 12 heavy (non-hydrogen) atoms. The van der Waals surface area contributed by atoms with Crippen molar-refractivity contribution in [3.63, 3.8) is 0 Å². The van der Waals surface area contributed by atoms with Crippen LogP contribution in [0.4, 0.5) is 0 Å². The van der Waals surface area contributed by atoms with Gasteiger partial charge in [-0.15, -0.1) is 0 Å². The SMILES string of the molecule is CC1(C)O[C@H]1C(O)[C@@H]1OC1(C)C. The zero-order valence-electron chi connectivity index (χ0n) is 8.00. The van der Waals surface area contributed by atoms with Gasteiger partial charge in [0.2, 0.25) is 0 Å². The lowest BCUT2D eigenvalue weighted by molar-refractivity contribution is 0.103. The summed E-state index contributed by atoms with van der Waals surface area (Å²) in [5.74, 6) is 0. The van der Waals surface area contributed by atoms with E-state index in [9.17, 15) is 5.11 Å². The molecule has 0 amide bonds. The van der Waals surface area contributed by atoms with Crippen molar-refractivity contribution in [1.82, 2.24) is 0 Å². The molecule has 2 aliphatic rings. The van der Waals surface area contributed by atoms with Crippen molar-refractivity contribution in [3.05, 3.63) is 0 Å². The predicted molar refractivity (Wildman–Crippen MR) is 43.9 cm³/mol. The average molecular weight is 172 g/mol. The van der Waals surface area contributed by atoms with Gasteiger partial charge in [-0.25, -0.2) is 0 Å². The Morgan fingerprint density at radius 3 is 1.42 bits per heavy atom. The molecule has 0 saturated carbocycles. The highest BCUT2D eigenvalue weighted by Crippen LogP contribution is 2.46. The minimum atomic E-state index is -0.463. The fourth-order valence-corrected chi connectivity index (χ4v) is 1.71. The van der Waals surface area contributed by atoms with Crippen LogP contribution < -0.4 is 0 Å². The molecule has 0 radical (unpaired) electrons. The van der Waals surface area contributed by atoms with Crippen molar-refractivity contribution in [2.24, 2.45) is 0 Å². The summed E-state index contributed by atoms with van der Waals surface area (Å²) in [4.78, 5) is 0. The van der Waals surface area contributed by atoms with Gasteiger partial charge in [0, 0.05) is 0 Å². The molecular weight excluding hydrogens is 156 g/mol. The van der Waals surface area contributed by atoms with Crippen LogP contribution in [0, 0.1) is 0 Å². The molecule has 0 aromatic rings. The van der Waals surface area contributed by atoms with Crippen molar-refractivity contribution in [3.8, 4) is 0 Å². The Balaban J connectivity index is 1.92. The van der Waals surface area contributed by atoms with Crippen molar-refractivity contribution >= 4 is 0 Å². The standard InChI is InChI=1S/C9H16O3/c1-8(2)6(11-8)5(10)7-9(3,4)12-7/h5-7,10H,1-4H3/t6-,7-/m0/s1. The quantitative estimate of drug-likeness (QED) is 0.624. The summed E-state index contributed by atoms with van der Waals surface area (Å²) in [7, 11) is 0. The maximum atomic E-state index is 9.75.